The van der Waals surface area contributed by atoms with Gasteiger partial charge in [0.05, 0.1) is 6.10 Å². The number of nitrogens with one attached hydrogen (secondary N) is 1. The van der Waals surface area contributed by atoms with Crippen molar-refractivity contribution in [3.63, 3.8) is 0 Å². The fraction of sp³-hybridized carbons (Fsp3) is 0.917. The van der Waals surface area contributed by atoms with Gasteiger partial charge in [-0.15, -0.1) is 0 Å². The maximum absolute atomic E-state index is 11.9. The van der Waals surface area contributed by atoms with Gasteiger partial charge in [-0.2, -0.15) is 0 Å². The largest absolute Gasteiger partial charge is 0.393 e. The van der Waals surface area contributed by atoms with Gasteiger partial charge in [-0.3, -0.25) is 4.79 Å². The number of carbonyl (C=O) groups is 1. The van der Waals surface area contributed by atoms with Crippen LogP contribution >= 0.6 is 0 Å². The van der Waals surface area contributed by atoms with E-state index >= 15 is 0 Å². The summed E-state index contributed by atoms with van der Waals surface area (Å²) in [5.41, 5.74) is 0. The van der Waals surface area contributed by atoms with Crippen molar-refractivity contribution in [1.29, 1.82) is 0 Å². The van der Waals surface area contributed by atoms with Crippen LogP contribution in [-0.2, 0) is 4.79 Å². The fourth-order valence-corrected chi connectivity index (χ4v) is 3.38. The van der Waals surface area contributed by atoms with Crippen molar-refractivity contribution < 1.29 is 9.90 Å². The molecular formula is C12H19NO2. The number of aliphatic hydroxyl groups excluding tert-OH is 1. The summed E-state index contributed by atoms with van der Waals surface area (Å²) in [4.78, 5) is 11.9. The smallest absolute Gasteiger partial charge is 0.223 e. The van der Waals surface area contributed by atoms with E-state index in [-0.39, 0.29) is 18.1 Å². The molecule has 0 spiro atoms. The molecule has 3 rings (SSSR count). The number of fused-ring (bicyclic) bond motifs is 1. The number of hydrogen-bond donors (Lipinski definition) is 2. The average Bonchev–Trinajstić information content (AvgIpc) is 2.89. The molecule has 84 valence electrons. The van der Waals surface area contributed by atoms with E-state index in [1.807, 2.05) is 0 Å². The zero-order valence-corrected chi connectivity index (χ0v) is 8.98. The normalized spacial score (nSPS) is 47.7. The molecule has 0 aromatic heterocycles. The summed E-state index contributed by atoms with van der Waals surface area (Å²) < 4.78 is 0. The molecule has 1 amide bonds. The molecule has 3 heteroatoms. The molecule has 15 heavy (non-hydrogen) atoms. The molecule has 2 unspecified atom stereocenters. The lowest BCUT2D eigenvalue weighted by Crippen LogP contribution is -2.47. The molecule has 0 aromatic carbocycles. The van der Waals surface area contributed by atoms with Gasteiger partial charge in [0.1, 0.15) is 0 Å². The van der Waals surface area contributed by atoms with Gasteiger partial charge in [-0.05, 0) is 37.5 Å². The van der Waals surface area contributed by atoms with Gasteiger partial charge in [0, 0.05) is 12.0 Å². The van der Waals surface area contributed by atoms with Crippen molar-refractivity contribution in [2.75, 3.05) is 0 Å². The summed E-state index contributed by atoms with van der Waals surface area (Å²) in [6.45, 7) is 0. The predicted octanol–water partition coefficient (Wildman–Crippen LogP) is 1.06. The highest BCUT2D eigenvalue weighted by atomic mass is 16.3. The molecule has 0 saturated heterocycles. The van der Waals surface area contributed by atoms with Crippen LogP contribution < -0.4 is 5.32 Å². The molecule has 0 radical (unpaired) electrons. The van der Waals surface area contributed by atoms with Gasteiger partial charge < -0.3 is 10.4 Å². The Morgan fingerprint density at radius 1 is 1.13 bits per heavy atom. The summed E-state index contributed by atoms with van der Waals surface area (Å²) in [5, 5.41) is 12.2. The topological polar surface area (TPSA) is 49.3 Å². The van der Waals surface area contributed by atoms with Crippen LogP contribution in [0.5, 0.6) is 0 Å². The Kier molecular flexibility index (Phi) is 2.23. The monoisotopic (exact) mass is 209 g/mol. The Bertz CT molecular complexity index is 261. The summed E-state index contributed by atoms with van der Waals surface area (Å²) in [5.74, 6) is 1.99. The predicted molar refractivity (Wildman–Crippen MR) is 56.1 cm³/mol. The van der Waals surface area contributed by atoms with Gasteiger partial charge in [0.2, 0.25) is 5.91 Å². The molecule has 3 aliphatic carbocycles. The minimum atomic E-state index is -0.170. The molecule has 3 fully saturated rings. The second-order valence-electron chi connectivity index (χ2n) is 5.47. The van der Waals surface area contributed by atoms with Crippen molar-refractivity contribution in [2.24, 2.45) is 17.8 Å². The highest BCUT2D eigenvalue weighted by Crippen LogP contribution is 2.55. The minimum absolute atomic E-state index is 0.170. The van der Waals surface area contributed by atoms with Crippen LogP contribution in [0.2, 0.25) is 0 Å². The molecule has 0 aromatic rings. The lowest BCUT2D eigenvalue weighted by molar-refractivity contribution is -0.124. The van der Waals surface area contributed by atoms with Crippen LogP contribution in [0, 0.1) is 17.8 Å². The third-order valence-corrected chi connectivity index (χ3v) is 4.42. The molecule has 0 aliphatic heterocycles. The lowest BCUT2D eigenvalue weighted by atomic mass is 9.89. The van der Waals surface area contributed by atoms with E-state index in [4.69, 9.17) is 5.11 Å². The Labute approximate surface area is 90.2 Å². The molecule has 3 saturated carbocycles. The van der Waals surface area contributed by atoms with Gasteiger partial charge in [0.25, 0.3) is 0 Å². The molecular weight excluding hydrogens is 190 g/mol. The van der Waals surface area contributed by atoms with Crippen LogP contribution in [-0.4, -0.2) is 23.2 Å². The van der Waals surface area contributed by atoms with Gasteiger partial charge in [-0.1, -0.05) is 12.8 Å². The van der Waals surface area contributed by atoms with Crippen LogP contribution in [0.3, 0.4) is 0 Å². The molecule has 0 bridgehead atoms. The van der Waals surface area contributed by atoms with E-state index in [2.05, 4.69) is 5.32 Å². The molecule has 2 atom stereocenters. The van der Waals surface area contributed by atoms with Crippen LogP contribution in [0.15, 0.2) is 0 Å². The maximum atomic E-state index is 11.9. The second kappa shape index (κ2) is 3.48. The number of amides is 1. The summed E-state index contributed by atoms with van der Waals surface area (Å²) in [6.07, 6.45) is 6.49. The zero-order chi connectivity index (χ0) is 10.4. The van der Waals surface area contributed by atoms with E-state index < -0.39 is 0 Å². The van der Waals surface area contributed by atoms with E-state index in [9.17, 15) is 4.79 Å². The molecule has 2 N–H and O–H groups in total. The first-order valence-corrected chi connectivity index (χ1v) is 6.24. The zero-order valence-electron chi connectivity index (χ0n) is 8.98. The lowest BCUT2D eigenvalue weighted by Gasteiger charge is -2.32. The van der Waals surface area contributed by atoms with Crippen molar-refractivity contribution in [2.45, 2.75) is 50.7 Å². The van der Waals surface area contributed by atoms with Crippen molar-refractivity contribution >= 4 is 5.91 Å². The quantitative estimate of drug-likeness (QED) is 0.714. The third-order valence-electron chi connectivity index (χ3n) is 4.42. The number of carbonyl (C=O) groups excluding carboxylic acids is 1. The van der Waals surface area contributed by atoms with Crippen molar-refractivity contribution in [1.82, 2.24) is 5.32 Å². The summed E-state index contributed by atoms with van der Waals surface area (Å²) >= 11 is 0. The Hall–Kier alpha value is -0.570. The number of hydrogen-bond acceptors (Lipinski definition) is 2. The first-order chi connectivity index (χ1) is 7.25. The summed E-state index contributed by atoms with van der Waals surface area (Å²) in [6, 6.07) is 0.259. The first-order valence-electron chi connectivity index (χ1n) is 6.24. The van der Waals surface area contributed by atoms with E-state index in [0.717, 1.165) is 12.8 Å². The third kappa shape index (κ3) is 1.67. The maximum Gasteiger partial charge on any atom is 0.223 e. The molecule has 3 nitrogen and oxygen atoms in total. The van der Waals surface area contributed by atoms with E-state index in [1.54, 1.807) is 0 Å². The van der Waals surface area contributed by atoms with Crippen LogP contribution in [0.4, 0.5) is 0 Å². The summed E-state index contributed by atoms with van der Waals surface area (Å²) in [7, 11) is 0. The van der Waals surface area contributed by atoms with Crippen LogP contribution in [0.1, 0.15) is 38.5 Å². The van der Waals surface area contributed by atoms with Gasteiger partial charge >= 0.3 is 0 Å². The highest BCUT2D eigenvalue weighted by Gasteiger charge is 2.55. The first kappa shape index (κ1) is 9.64. The minimum Gasteiger partial charge on any atom is -0.393 e. The van der Waals surface area contributed by atoms with Crippen molar-refractivity contribution in [3.05, 3.63) is 0 Å². The average molecular weight is 209 g/mol. The van der Waals surface area contributed by atoms with E-state index in [0.29, 0.717) is 17.8 Å². The van der Waals surface area contributed by atoms with Gasteiger partial charge in [-0.25, -0.2) is 0 Å². The van der Waals surface area contributed by atoms with E-state index in [1.165, 1.54) is 25.7 Å². The highest BCUT2D eigenvalue weighted by molar-refractivity contribution is 5.82. The van der Waals surface area contributed by atoms with Crippen LogP contribution in [0.25, 0.3) is 0 Å². The SMILES string of the molecule is O=C(NC1CC(O)C1)C1C2CCCCC21. The Balaban J connectivity index is 1.49. The molecule has 3 aliphatic rings. The number of aliphatic hydroxyl groups is 1. The Morgan fingerprint density at radius 2 is 1.73 bits per heavy atom. The standard InChI is InChI=1S/C12H19NO2/c14-8-5-7(6-8)13-12(15)11-9-3-1-2-4-10(9)11/h7-11,14H,1-6H2,(H,13,15). The van der Waals surface area contributed by atoms with Gasteiger partial charge in [0.15, 0.2) is 0 Å². The number of rotatable bonds is 2. The fourth-order valence-electron chi connectivity index (χ4n) is 3.38. The second-order valence-corrected chi connectivity index (χ2v) is 5.47. The van der Waals surface area contributed by atoms with Crippen molar-refractivity contribution in [3.8, 4) is 0 Å². The Morgan fingerprint density at radius 3 is 2.27 bits per heavy atom. The molecule has 0 heterocycles.